The first-order chi connectivity index (χ1) is 8.15. The maximum absolute atomic E-state index is 11.9. The molecule has 1 aromatic heterocycles. The number of hydrogen-bond acceptors (Lipinski definition) is 2. The maximum Gasteiger partial charge on any atom is 0.256 e. The zero-order valence-electron chi connectivity index (χ0n) is 9.60. The smallest absolute Gasteiger partial charge is 0.256 e. The topological polar surface area (TPSA) is 42.0 Å². The van der Waals surface area contributed by atoms with Gasteiger partial charge in [0.2, 0.25) is 0 Å². The van der Waals surface area contributed by atoms with Crippen molar-refractivity contribution >= 4 is 11.7 Å². The summed E-state index contributed by atoms with van der Waals surface area (Å²) in [7, 11) is 0. The fraction of sp³-hybridized carbons (Fsp3) is 0.0714. The molecule has 2 rings (SSSR count). The highest BCUT2D eigenvalue weighted by Gasteiger charge is 2.06. The average molecular weight is 225 g/mol. The van der Waals surface area contributed by atoms with Crippen molar-refractivity contribution in [3.63, 3.8) is 0 Å². The summed E-state index contributed by atoms with van der Waals surface area (Å²) in [5.41, 5.74) is 2.27. The monoisotopic (exact) mass is 225 g/mol. The van der Waals surface area contributed by atoms with Crippen LogP contribution < -0.4 is 5.32 Å². The fourth-order valence-electron chi connectivity index (χ4n) is 1.51. The van der Waals surface area contributed by atoms with E-state index in [2.05, 4.69) is 17.2 Å². The van der Waals surface area contributed by atoms with Crippen LogP contribution in [0.3, 0.4) is 0 Å². The van der Waals surface area contributed by atoms with E-state index >= 15 is 0 Å². The minimum atomic E-state index is -0.173. The van der Waals surface area contributed by atoms with Gasteiger partial charge in [0.1, 0.15) is 5.82 Å². The molecule has 0 fully saturated rings. The summed E-state index contributed by atoms with van der Waals surface area (Å²) in [6, 6.07) is 12.6. The van der Waals surface area contributed by atoms with Crippen LogP contribution in [0.2, 0.25) is 0 Å². The zero-order chi connectivity index (χ0) is 12.3. The molecule has 1 heterocycles. The summed E-state index contributed by atoms with van der Waals surface area (Å²) >= 11 is 0. The second-order valence-corrected chi connectivity index (χ2v) is 3.82. The molecule has 0 spiro atoms. The molecule has 2 aromatic rings. The van der Waals surface area contributed by atoms with Crippen molar-refractivity contribution in [3.8, 4) is 0 Å². The number of anilines is 1. The van der Waals surface area contributed by atoms with Gasteiger partial charge in [0.15, 0.2) is 0 Å². The molecule has 1 amide bonds. The van der Waals surface area contributed by atoms with E-state index in [1.807, 2.05) is 25.1 Å². The van der Waals surface area contributed by atoms with Gasteiger partial charge in [-0.1, -0.05) is 18.2 Å². The number of rotatable bonds is 2. The number of nitrogens with zero attached hydrogens (tertiary/aromatic N) is 1. The van der Waals surface area contributed by atoms with E-state index in [1.165, 1.54) is 0 Å². The molecule has 0 aliphatic heterocycles. The molecule has 85 valence electrons. The highest BCUT2D eigenvalue weighted by atomic mass is 16.1. The number of carbonyl (C=O) groups is 1. The van der Waals surface area contributed by atoms with Crippen LogP contribution in [0, 0.1) is 13.8 Å². The lowest BCUT2D eigenvalue weighted by molar-refractivity contribution is 0.102. The number of aryl methyl sites for hydroxylation is 1. The van der Waals surface area contributed by atoms with Gasteiger partial charge in [-0.05, 0) is 43.7 Å². The fourth-order valence-corrected chi connectivity index (χ4v) is 1.51. The van der Waals surface area contributed by atoms with E-state index in [4.69, 9.17) is 0 Å². The molecule has 0 aliphatic rings. The van der Waals surface area contributed by atoms with Crippen LogP contribution >= 0.6 is 0 Å². The maximum atomic E-state index is 11.9. The van der Waals surface area contributed by atoms with Crippen LogP contribution in [0.1, 0.15) is 21.6 Å². The van der Waals surface area contributed by atoms with E-state index < -0.39 is 0 Å². The number of benzene rings is 1. The van der Waals surface area contributed by atoms with Crippen LogP contribution in [0.25, 0.3) is 0 Å². The third kappa shape index (κ3) is 2.91. The lowest BCUT2D eigenvalue weighted by atomic mass is 10.1. The molecule has 1 N–H and O–H groups in total. The van der Waals surface area contributed by atoms with E-state index in [9.17, 15) is 4.79 Å². The Morgan fingerprint density at radius 1 is 1.24 bits per heavy atom. The van der Waals surface area contributed by atoms with Crippen molar-refractivity contribution in [2.24, 2.45) is 0 Å². The second kappa shape index (κ2) is 4.78. The van der Waals surface area contributed by atoms with Gasteiger partial charge in [0.05, 0.1) is 0 Å². The summed E-state index contributed by atoms with van der Waals surface area (Å²) in [6.07, 6.45) is 0. The van der Waals surface area contributed by atoms with E-state index in [1.54, 1.807) is 24.3 Å². The first-order valence-electron chi connectivity index (χ1n) is 5.32. The first kappa shape index (κ1) is 11.3. The highest BCUT2D eigenvalue weighted by Crippen LogP contribution is 2.08. The molecule has 0 saturated carbocycles. The molecular formula is C14H13N2O. The third-order valence-corrected chi connectivity index (χ3v) is 2.32. The molecule has 0 saturated heterocycles. The Bertz CT molecular complexity index is 549. The molecule has 0 aliphatic carbocycles. The Hall–Kier alpha value is -2.16. The van der Waals surface area contributed by atoms with Gasteiger partial charge in [-0.25, -0.2) is 4.98 Å². The standard InChI is InChI=1S/C14H13N2O/c1-10-5-3-7-12(9-10)14(17)16-13-8-4-6-11(2)15-13/h3-9H,1H2,2H3,(H,15,16,17). The Labute approximate surface area is 101 Å². The van der Waals surface area contributed by atoms with Gasteiger partial charge >= 0.3 is 0 Å². The van der Waals surface area contributed by atoms with Gasteiger partial charge in [0, 0.05) is 11.3 Å². The lowest BCUT2D eigenvalue weighted by Crippen LogP contribution is -2.13. The molecular weight excluding hydrogens is 212 g/mol. The summed E-state index contributed by atoms with van der Waals surface area (Å²) in [5, 5.41) is 2.75. The number of amides is 1. The van der Waals surface area contributed by atoms with Gasteiger partial charge in [-0.15, -0.1) is 0 Å². The van der Waals surface area contributed by atoms with E-state index in [0.29, 0.717) is 11.4 Å². The van der Waals surface area contributed by atoms with Crippen molar-refractivity contribution in [2.45, 2.75) is 6.92 Å². The highest BCUT2D eigenvalue weighted by molar-refractivity contribution is 6.03. The molecule has 3 nitrogen and oxygen atoms in total. The molecule has 1 aromatic carbocycles. The van der Waals surface area contributed by atoms with Crippen LogP contribution in [0.5, 0.6) is 0 Å². The summed E-state index contributed by atoms with van der Waals surface area (Å²) in [4.78, 5) is 16.1. The summed E-state index contributed by atoms with van der Waals surface area (Å²) in [5.74, 6) is 0.387. The van der Waals surface area contributed by atoms with Crippen LogP contribution in [-0.2, 0) is 0 Å². The molecule has 17 heavy (non-hydrogen) atoms. The van der Waals surface area contributed by atoms with Gasteiger partial charge in [-0.3, -0.25) is 4.79 Å². The normalized spacial score (nSPS) is 10.0. The number of aromatic nitrogens is 1. The van der Waals surface area contributed by atoms with E-state index in [0.717, 1.165) is 11.3 Å². The predicted octanol–water partition coefficient (Wildman–Crippen LogP) is 2.82. The van der Waals surface area contributed by atoms with Crippen LogP contribution in [0.4, 0.5) is 5.82 Å². The minimum absolute atomic E-state index is 0.173. The third-order valence-electron chi connectivity index (χ3n) is 2.32. The Morgan fingerprint density at radius 3 is 2.71 bits per heavy atom. The zero-order valence-corrected chi connectivity index (χ0v) is 9.60. The van der Waals surface area contributed by atoms with Crippen molar-refractivity contribution in [2.75, 3.05) is 5.32 Å². The van der Waals surface area contributed by atoms with Crippen molar-refractivity contribution in [1.29, 1.82) is 0 Å². The Balaban J connectivity index is 2.17. The molecule has 0 atom stereocenters. The van der Waals surface area contributed by atoms with Gasteiger partial charge < -0.3 is 5.32 Å². The summed E-state index contributed by atoms with van der Waals surface area (Å²) in [6.45, 7) is 5.67. The number of nitrogens with one attached hydrogen (secondary N) is 1. The van der Waals surface area contributed by atoms with Crippen molar-refractivity contribution in [3.05, 3.63) is 66.2 Å². The van der Waals surface area contributed by atoms with Gasteiger partial charge in [0.25, 0.3) is 5.91 Å². The average Bonchev–Trinajstić information content (AvgIpc) is 2.29. The van der Waals surface area contributed by atoms with Gasteiger partial charge in [-0.2, -0.15) is 0 Å². The second-order valence-electron chi connectivity index (χ2n) is 3.82. The number of pyridine rings is 1. The predicted molar refractivity (Wildman–Crippen MR) is 67.8 cm³/mol. The minimum Gasteiger partial charge on any atom is -0.307 e. The number of carbonyl (C=O) groups excluding carboxylic acids is 1. The lowest BCUT2D eigenvalue weighted by Gasteiger charge is -2.05. The summed E-state index contributed by atoms with van der Waals surface area (Å²) < 4.78 is 0. The largest absolute Gasteiger partial charge is 0.307 e. The Kier molecular flexibility index (Phi) is 3.19. The SMILES string of the molecule is [CH2]c1cccc(C(=O)Nc2cccc(C)n2)c1. The first-order valence-corrected chi connectivity index (χ1v) is 5.32. The number of hydrogen-bond donors (Lipinski definition) is 1. The molecule has 0 unspecified atom stereocenters. The molecule has 3 heteroatoms. The van der Waals surface area contributed by atoms with Crippen LogP contribution in [0.15, 0.2) is 42.5 Å². The van der Waals surface area contributed by atoms with Crippen molar-refractivity contribution in [1.82, 2.24) is 4.98 Å². The van der Waals surface area contributed by atoms with Crippen molar-refractivity contribution < 1.29 is 4.79 Å². The molecule has 0 bridgehead atoms. The quantitative estimate of drug-likeness (QED) is 0.853. The molecule has 1 radical (unpaired) electrons. The van der Waals surface area contributed by atoms with Crippen LogP contribution in [-0.4, -0.2) is 10.9 Å². The Morgan fingerprint density at radius 2 is 2.00 bits per heavy atom. The van der Waals surface area contributed by atoms with E-state index in [-0.39, 0.29) is 5.91 Å².